The van der Waals surface area contributed by atoms with Gasteiger partial charge < -0.3 is 14.5 Å². The molecule has 0 aliphatic rings. The van der Waals surface area contributed by atoms with Crippen LogP contribution in [0.2, 0.25) is 0 Å². The molecule has 9 nitrogen and oxygen atoms in total. The molecule has 3 aromatic rings. The maximum atomic E-state index is 12.2. The van der Waals surface area contributed by atoms with Crippen molar-refractivity contribution in [1.82, 2.24) is 15.2 Å². The lowest BCUT2D eigenvalue weighted by Gasteiger charge is -2.18. The third-order valence-electron chi connectivity index (χ3n) is 4.10. The van der Waals surface area contributed by atoms with E-state index >= 15 is 0 Å². The second-order valence-electron chi connectivity index (χ2n) is 6.40. The molecule has 0 aliphatic carbocycles. The van der Waals surface area contributed by atoms with Gasteiger partial charge in [0.2, 0.25) is 12.3 Å². The lowest BCUT2D eigenvalue weighted by molar-refractivity contribution is -0.274. The van der Waals surface area contributed by atoms with Crippen LogP contribution in [0, 0.1) is 6.92 Å². The number of alkyl halides is 3. The van der Waals surface area contributed by atoms with Gasteiger partial charge in [0.25, 0.3) is 0 Å². The zero-order valence-electron chi connectivity index (χ0n) is 17.3. The van der Waals surface area contributed by atoms with Gasteiger partial charge in [0, 0.05) is 24.9 Å². The maximum Gasteiger partial charge on any atom is 0.573 e. The highest BCUT2D eigenvalue weighted by molar-refractivity contribution is 5.55. The first-order valence-corrected chi connectivity index (χ1v) is 9.16. The molecule has 2 aromatic carbocycles. The van der Waals surface area contributed by atoms with Crippen LogP contribution < -0.4 is 31.6 Å². The highest BCUT2D eigenvalue weighted by Crippen LogP contribution is 2.25. The van der Waals surface area contributed by atoms with Crippen LogP contribution in [0.1, 0.15) is 11.1 Å². The third-order valence-corrected chi connectivity index (χ3v) is 4.10. The molecular weight excluding hydrogens is 429 g/mol. The Morgan fingerprint density at radius 3 is 2.41 bits per heavy atom. The Morgan fingerprint density at radius 1 is 1.19 bits per heavy atom. The van der Waals surface area contributed by atoms with Crippen LogP contribution >= 0.6 is 0 Å². The predicted octanol–water partition coefficient (Wildman–Crippen LogP) is 2.57. The van der Waals surface area contributed by atoms with Crippen LogP contribution in [0.3, 0.4) is 0 Å². The smallest absolute Gasteiger partial charge is 0.472 e. The van der Waals surface area contributed by atoms with E-state index < -0.39 is 6.36 Å². The van der Waals surface area contributed by atoms with Gasteiger partial charge in [0.05, 0.1) is 11.4 Å². The van der Waals surface area contributed by atoms with E-state index in [2.05, 4.69) is 15.7 Å². The Bertz CT molecular complexity index is 1010. The second-order valence-corrected chi connectivity index (χ2v) is 6.40. The minimum Gasteiger partial charge on any atom is -0.472 e. The Hall–Kier alpha value is -3.77. The monoisotopic (exact) mass is 452 g/mol. The zero-order chi connectivity index (χ0) is 23.7. The normalized spacial score (nSPS) is 10.6. The number of anilines is 1. The minimum absolute atomic E-state index is 0.277. The number of rotatable bonds is 7. The van der Waals surface area contributed by atoms with Crippen molar-refractivity contribution >= 4 is 12.1 Å². The third kappa shape index (κ3) is 7.18. The molecular formula is C20H23F3N6O3. The Balaban J connectivity index is 0.000000837. The largest absolute Gasteiger partial charge is 0.573 e. The SMILES string of the molecule is Cc1cccc(N(C)N)c1COc1ccn(-c2ccc(OC(F)(F)F)cc2)n1.NNC=O. The summed E-state index contributed by atoms with van der Waals surface area (Å²) in [5, 5.41) is 5.81. The maximum absolute atomic E-state index is 12.2. The molecule has 3 rings (SSSR count). The second kappa shape index (κ2) is 11.0. The summed E-state index contributed by atoms with van der Waals surface area (Å²) in [6.45, 7) is 2.24. The number of hydrazine groups is 2. The standard InChI is InChI=1S/C19H19F3N4O2.CH4N2O/c1-13-4-3-5-17(25(2)23)16(13)12-27-18-10-11-26(24-18)14-6-8-15(9-7-14)28-19(20,21)22;2-3-1-4/h3-11H,12,23H2,1-2H3;1H,2H2,(H,3,4). The first kappa shape index (κ1) is 24.5. The molecule has 0 saturated heterocycles. The minimum atomic E-state index is -4.72. The molecule has 32 heavy (non-hydrogen) atoms. The molecule has 1 aromatic heterocycles. The number of ether oxygens (including phenoxy) is 2. The van der Waals surface area contributed by atoms with Gasteiger partial charge in [-0.25, -0.2) is 16.4 Å². The van der Waals surface area contributed by atoms with Gasteiger partial charge in [-0.3, -0.25) is 10.2 Å². The summed E-state index contributed by atoms with van der Waals surface area (Å²) in [5.41, 5.74) is 5.15. The van der Waals surface area contributed by atoms with Crippen molar-refractivity contribution in [2.24, 2.45) is 11.7 Å². The fourth-order valence-corrected chi connectivity index (χ4v) is 2.68. The summed E-state index contributed by atoms with van der Waals surface area (Å²) in [6.07, 6.45) is -2.66. The van der Waals surface area contributed by atoms with Crippen LogP contribution in [0.4, 0.5) is 18.9 Å². The van der Waals surface area contributed by atoms with Gasteiger partial charge in [-0.05, 0) is 42.8 Å². The Labute approximate surface area is 182 Å². The molecule has 5 N–H and O–H groups in total. The number of carbonyl (C=O) groups is 1. The average Bonchev–Trinajstić information content (AvgIpc) is 3.21. The van der Waals surface area contributed by atoms with Crippen molar-refractivity contribution in [2.75, 3.05) is 12.1 Å². The van der Waals surface area contributed by atoms with Gasteiger partial charge in [-0.1, -0.05) is 12.1 Å². The van der Waals surface area contributed by atoms with Crippen LogP contribution in [0.15, 0.2) is 54.7 Å². The fraction of sp³-hybridized carbons (Fsp3) is 0.200. The van der Waals surface area contributed by atoms with E-state index in [1.807, 2.05) is 25.1 Å². The van der Waals surface area contributed by atoms with Crippen LogP contribution in [-0.2, 0) is 11.4 Å². The van der Waals surface area contributed by atoms with Gasteiger partial charge in [0.1, 0.15) is 12.4 Å². The first-order chi connectivity index (χ1) is 15.1. The van der Waals surface area contributed by atoms with E-state index in [-0.39, 0.29) is 12.4 Å². The molecule has 12 heteroatoms. The van der Waals surface area contributed by atoms with E-state index in [9.17, 15) is 13.2 Å². The quantitative estimate of drug-likeness (QED) is 0.218. The average molecular weight is 452 g/mol. The number of aromatic nitrogens is 2. The molecule has 0 spiro atoms. The van der Waals surface area contributed by atoms with Crippen LogP contribution in [-0.4, -0.2) is 29.6 Å². The number of amides is 1. The topological polar surface area (TPSA) is 121 Å². The van der Waals surface area contributed by atoms with Crippen molar-refractivity contribution in [3.63, 3.8) is 0 Å². The summed E-state index contributed by atoms with van der Waals surface area (Å²) >= 11 is 0. The van der Waals surface area contributed by atoms with E-state index in [0.29, 0.717) is 18.0 Å². The van der Waals surface area contributed by atoms with E-state index in [0.717, 1.165) is 16.8 Å². The summed E-state index contributed by atoms with van der Waals surface area (Å²) in [5.74, 6) is 10.4. The lowest BCUT2D eigenvalue weighted by atomic mass is 10.1. The highest BCUT2D eigenvalue weighted by atomic mass is 19.4. The molecule has 0 aliphatic heterocycles. The van der Waals surface area contributed by atoms with Crippen LogP contribution in [0.25, 0.3) is 5.69 Å². The number of nitrogens with zero attached hydrogens (tertiary/aromatic N) is 3. The number of aryl methyl sites for hydroxylation is 1. The summed E-state index contributed by atoms with van der Waals surface area (Å²) < 4.78 is 47.8. The number of benzene rings is 2. The lowest BCUT2D eigenvalue weighted by Crippen LogP contribution is -2.26. The molecule has 0 fully saturated rings. The number of hydrogen-bond acceptors (Lipinski definition) is 7. The van der Waals surface area contributed by atoms with Gasteiger partial charge >= 0.3 is 6.36 Å². The van der Waals surface area contributed by atoms with Gasteiger partial charge in [0.15, 0.2) is 0 Å². The number of carbonyl (C=O) groups excluding carboxylic acids is 1. The number of halogens is 3. The van der Waals surface area contributed by atoms with Crippen molar-refractivity contribution in [1.29, 1.82) is 0 Å². The van der Waals surface area contributed by atoms with E-state index in [1.165, 1.54) is 34.0 Å². The van der Waals surface area contributed by atoms with Gasteiger partial charge in [-0.2, -0.15) is 0 Å². The van der Waals surface area contributed by atoms with Crippen LogP contribution in [0.5, 0.6) is 11.6 Å². The zero-order valence-corrected chi connectivity index (χ0v) is 17.3. The van der Waals surface area contributed by atoms with Gasteiger partial charge in [-0.15, -0.1) is 18.3 Å². The summed E-state index contributed by atoms with van der Waals surface area (Å²) in [7, 11) is 1.75. The number of hydrogen-bond donors (Lipinski definition) is 3. The Morgan fingerprint density at radius 2 is 1.84 bits per heavy atom. The van der Waals surface area contributed by atoms with Crippen molar-refractivity contribution in [3.05, 3.63) is 65.9 Å². The summed E-state index contributed by atoms with van der Waals surface area (Å²) in [4.78, 5) is 8.94. The molecule has 1 amide bonds. The van der Waals surface area contributed by atoms with Crippen molar-refractivity contribution in [2.45, 2.75) is 19.9 Å². The predicted molar refractivity (Wildman–Crippen MR) is 112 cm³/mol. The molecule has 0 atom stereocenters. The van der Waals surface area contributed by atoms with E-state index in [4.69, 9.17) is 15.4 Å². The van der Waals surface area contributed by atoms with E-state index in [1.54, 1.807) is 24.7 Å². The Kier molecular flexibility index (Phi) is 8.44. The molecule has 172 valence electrons. The molecule has 0 saturated carbocycles. The van der Waals surface area contributed by atoms with Crippen molar-refractivity contribution in [3.8, 4) is 17.3 Å². The highest BCUT2D eigenvalue weighted by Gasteiger charge is 2.31. The number of nitrogens with one attached hydrogen (secondary N) is 1. The van der Waals surface area contributed by atoms with Crippen molar-refractivity contribution < 1.29 is 27.4 Å². The number of nitrogens with two attached hydrogens (primary N) is 2. The summed E-state index contributed by atoms with van der Waals surface area (Å²) in [6, 6.07) is 12.8. The molecule has 1 heterocycles. The first-order valence-electron chi connectivity index (χ1n) is 9.16. The molecule has 0 unspecified atom stereocenters. The molecule has 0 bridgehead atoms. The molecule has 0 radical (unpaired) electrons. The fourth-order valence-electron chi connectivity index (χ4n) is 2.68.